The first-order chi connectivity index (χ1) is 15.2. The molecule has 0 saturated carbocycles. The lowest BCUT2D eigenvalue weighted by atomic mass is 10.2. The Balaban J connectivity index is 1.53. The topological polar surface area (TPSA) is 95.1 Å². The summed E-state index contributed by atoms with van der Waals surface area (Å²) in [7, 11) is 1.59. The molecule has 8 nitrogen and oxygen atoms in total. The van der Waals surface area contributed by atoms with Gasteiger partial charge in [0.25, 0.3) is 5.91 Å². The minimum atomic E-state index is -0.201. The Labute approximate surface area is 187 Å². The predicted octanol–water partition coefficient (Wildman–Crippen LogP) is 3.96. The molecule has 0 fully saturated rings. The van der Waals surface area contributed by atoms with E-state index in [0.717, 1.165) is 15.9 Å². The van der Waals surface area contributed by atoms with Gasteiger partial charge in [0.1, 0.15) is 10.7 Å². The van der Waals surface area contributed by atoms with Crippen molar-refractivity contribution in [3.8, 4) is 17.3 Å². The quantitative estimate of drug-likeness (QED) is 0.301. The average Bonchev–Trinajstić information content (AvgIpc) is 3.53. The van der Waals surface area contributed by atoms with Crippen molar-refractivity contribution in [2.75, 3.05) is 20.3 Å². The number of aryl methyl sites for hydroxylation is 1. The molecule has 1 aromatic carbocycles. The van der Waals surface area contributed by atoms with E-state index in [9.17, 15) is 4.79 Å². The van der Waals surface area contributed by atoms with Crippen LogP contribution in [-0.4, -0.2) is 45.9 Å². The smallest absolute Gasteiger partial charge is 0.270 e. The van der Waals surface area contributed by atoms with E-state index < -0.39 is 0 Å². The van der Waals surface area contributed by atoms with Crippen LogP contribution >= 0.6 is 23.1 Å². The van der Waals surface area contributed by atoms with Gasteiger partial charge in [-0.2, -0.15) is 0 Å². The fourth-order valence-corrected chi connectivity index (χ4v) is 4.56. The highest BCUT2D eigenvalue weighted by atomic mass is 32.2. The first-order valence-corrected chi connectivity index (χ1v) is 11.4. The summed E-state index contributed by atoms with van der Waals surface area (Å²) in [4.78, 5) is 16.6. The fourth-order valence-electron chi connectivity index (χ4n) is 2.82. The van der Waals surface area contributed by atoms with Crippen molar-refractivity contribution in [2.45, 2.75) is 17.8 Å². The van der Waals surface area contributed by atoms with E-state index in [-0.39, 0.29) is 5.91 Å². The number of nitrogens with one attached hydrogen (secondary N) is 1. The molecular weight excluding hydrogens is 434 g/mol. The predicted molar refractivity (Wildman–Crippen MR) is 120 cm³/mol. The first-order valence-electron chi connectivity index (χ1n) is 9.56. The lowest BCUT2D eigenvalue weighted by molar-refractivity contribution is 0.0932. The second-order valence-electron chi connectivity index (χ2n) is 6.62. The molecule has 1 amide bonds. The molecule has 31 heavy (non-hydrogen) atoms. The molecule has 0 spiro atoms. The Morgan fingerprint density at radius 3 is 2.84 bits per heavy atom. The van der Waals surface area contributed by atoms with Crippen LogP contribution in [0, 0.1) is 6.92 Å². The van der Waals surface area contributed by atoms with Gasteiger partial charge in [-0.15, -0.1) is 21.5 Å². The summed E-state index contributed by atoms with van der Waals surface area (Å²) in [5.74, 6) is 1.64. The van der Waals surface area contributed by atoms with Crippen LogP contribution in [0.15, 0.2) is 57.6 Å². The largest absolute Gasteiger partial charge is 0.461 e. The van der Waals surface area contributed by atoms with Gasteiger partial charge in [0.05, 0.1) is 18.6 Å². The highest BCUT2D eigenvalue weighted by Crippen LogP contribution is 2.30. The monoisotopic (exact) mass is 455 g/mol. The van der Waals surface area contributed by atoms with Gasteiger partial charge in [-0.3, -0.25) is 9.36 Å². The minimum absolute atomic E-state index is 0.201. The number of methoxy groups -OCH3 is 1. The van der Waals surface area contributed by atoms with Gasteiger partial charge in [0.15, 0.2) is 10.9 Å². The van der Waals surface area contributed by atoms with Crippen molar-refractivity contribution in [3.05, 3.63) is 64.3 Å². The minimum Gasteiger partial charge on any atom is -0.461 e. The van der Waals surface area contributed by atoms with Crippen molar-refractivity contribution >= 4 is 29.0 Å². The first kappa shape index (κ1) is 21.3. The number of thiazole rings is 1. The highest BCUT2D eigenvalue weighted by Gasteiger charge is 2.19. The summed E-state index contributed by atoms with van der Waals surface area (Å²) >= 11 is 2.95. The third kappa shape index (κ3) is 5.04. The zero-order valence-electron chi connectivity index (χ0n) is 17.1. The van der Waals surface area contributed by atoms with Gasteiger partial charge in [-0.1, -0.05) is 29.5 Å². The van der Waals surface area contributed by atoms with E-state index in [4.69, 9.17) is 9.15 Å². The molecule has 0 aliphatic carbocycles. The SMILES string of the molecule is COCCNC(=O)c1csc(CSc2nnc(-c3ccco3)n2-c2ccc(C)cc2)n1. The number of benzene rings is 1. The van der Waals surface area contributed by atoms with Gasteiger partial charge >= 0.3 is 0 Å². The van der Waals surface area contributed by atoms with Crippen LogP contribution in [-0.2, 0) is 10.5 Å². The maximum atomic E-state index is 12.1. The van der Waals surface area contributed by atoms with Gasteiger partial charge < -0.3 is 14.5 Å². The number of nitrogens with zero attached hydrogens (tertiary/aromatic N) is 4. The maximum absolute atomic E-state index is 12.1. The standard InChI is InChI=1S/C21H21N5O3S2/c1-14-5-7-15(8-6-14)26-19(17-4-3-10-29-17)24-25-21(26)31-13-18-23-16(12-30-18)20(27)22-9-11-28-2/h3-8,10,12H,9,11,13H2,1-2H3,(H,22,27). The Bertz CT molecular complexity index is 1140. The molecule has 4 rings (SSSR count). The van der Waals surface area contributed by atoms with Crippen molar-refractivity contribution < 1.29 is 13.9 Å². The van der Waals surface area contributed by atoms with Crippen LogP contribution in [0.5, 0.6) is 0 Å². The van der Waals surface area contributed by atoms with E-state index in [1.54, 1.807) is 18.8 Å². The zero-order chi connectivity index (χ0) is 21.6. The second kappa shape index (κ2) is 9.90. The Hall–Kier alpha value is -2.95. The van der Waals surface area contributed by atoms with E-state index >= 15 is 0 Å². The number of hydrogen-bond acceptors (Lipinski definition) is 8. The Morgan fingerprint density at radius 1 is 1.26 bits per heavy atom. The number of hydrogen-bond donors (Lipinski definition) is 1. The molecule has 0 aliphatic rings. The molecule has 0 bridgehead atoms. The third-order valence-corrected chi connectivity index (χ3v) is 6.34. The molecule has 1 N–H and O–H groups in total. The molecule has 0 radical (unpaired) electrons. The summed E-state index contributed by atoms with van der Waals surface area (Å²) in [6.45, 7) is 2.96. The van der Waals surface area contributed by atoms with Crippen LogP contribution in [0.3, 0.4) is 0 Å². The zero-order valence-corrected chi connectivity index (χ0v) is 18.7. The fraction of sp³-hybridized carbons (Fsp3) is 0.238. The van der Waals surface area contributed by atoms with Gasteiger partial charge in [0, 0.05) is 24.7 Å². The molecule has 0 aliphatic heterocycles. The summed E-state index contributed by atoms with van der Waals surface area (Å²) in [5.41, 5.74) is 2.53. The third-order valence-electron chi connectivity index (χ3n) is 4.37. The van der Waals surface area contributed by atoms with Gasteiger partial charge in [-0.05, 0) is 31.2 Å². The van der Waals surface area contributed by atoms with E-state index in [0.29, 0.717) is 36.2 Å². The summed E-state index contributed by atoms with van der Waals surface area (Å²) in [5, 5.41) is 14.8. The van der Waals surface area contributed by atoms with Crippen LogP contribution in [0.25, 0.3) is 17.3 Å². The molecule has 0 atom stereocenters. The van der Waals surface area contributed by atoms with Crippen molar-refractivity contribution in [3.63, 3.8) is 0 Å². The molecule has 3 aromatic heterocycles. The Morgan fingerprint density at radius 2 is 2.10 bits per heavy atom. The lowest BCUT2D eigenvalue weighted by Crippen LogP contribution is -2.27. The number of thioether (sulfide) groups is 1. The molecule has 0 saturated heterocycles. The number of carbonyl (C=O) groups excluding carboxylic acids is 1. The average molecular weight is 456 g/mol. The highest BCUT2D eigenvalue weighted by molar-refractivity contribution is 7.98. The molecule has 160 valence electrons. The molecule has 3 heterocycles. The summed E-state index contributed by atoms with van der Waals surface area (Å²) < 4.78 is 12.5. The number of aromatic nitrogens is 4. The summed E-state index contributed by atoms with van der Waals surface area (Å²) in [6.07, 6.45) is 1.62. The molecular formula is C21H21N5O3S2. The molecule has 10 heteroatoms. The van der Waals surface area contributed by atoms with Crippen molar-refractivity contribution in [2.24, 2.45) is 0 Å². The number of furan rings is 1. The number of amides is 1. The van der Waals surface area contributed by atoms with Crippen molar-refractivity contribution in [1.82, 2.24) is 25.1 Å². The molecule has 4 aromatic rings. The number of rotatable bonds is 9. The second-order valence-corrected chi connectivity index (χ2v) is 8.50. The maximum Gasteiger partial charge on any atom is 0.270 e. The lowest BCUT2D eigenvalue weighted by Gasteiger charge is -2.09. The van der Waals surface area contributed by atoms with Crippen molar-refractivity contribution in [1.29, 1.82) is 0 Å². The van der Waals surface area contributed by atoms with Crippen LogP contribution in [0.1, 0.15) is 21.1 Å². The number of ether oxygens (including phenoxy) is 1. The van der Waals surface area contributed by atoms with Crippen LogP contribution < -0.4 is 5.32 Å². The van der Waals surface area contributed by atoms with E-state index in [1.807, 2.05) is 47.9 Å². The molecule has 0 unspecified atom stereocenters. The normalized spacial score (nSPS) is 11.0. The Kier molecular flexibility index (Phi) is 6.80. The van der Waals surface area contributed by atoms with Crippen LogP contribution in [0.4, 0.5) is 0 Å². The van der Waals surface area contributed by atoms with Gasteiger partial charge in [0.2, 0.25) is 5.82 Å². The van der Waals surface area contributed by atoms with E-state index in [1.165, 1.54) is 28.7 Å². The van der Waals surface area contributed by atoms with Gasteiger partial charge in [-0.25, -0.2) is 4.98 Å². The van der Waals surface area contributed by atoms with E-state index in [2.05, 4.69) is 20.5 Å². The summed E-state index contributed by atoms with van der Waals surface area (Å²) in [6, 6.07) is 11.8. The number of carbonyl (C=O) groups is 1. The van der Waals surface area contributed by atoms with Crippen LogP contribution in [0.2, 0.25) is 0 Å².